The summed E-state index contributed by atoms with van der Waals surface area (Å²) in [7, 11) is 0.848. The minimum absolute atomic E-state index is 0.0396. The van der Waals surface area contributed by atoms with Gasteiger partial charge in [-0.2, -0.15) is 0 Å². The molecule has 4 aromatic rings. The second kappa shape index (κ2) is 20.0. The third-order valence-corrected chi connectivity index (χ3v) is 16.3. The van der Waals surface area contributed by atoms with Gasteiger partial charge in [0.15, 0.2) is 0 Å². The first-order valence-corrected chi connectivity index (χ1v) is 24.0. The molecule has 4 aromatic carbocycles. The summed E-state index contributed by atoms with van der Waals surface area (Å²) < 4.78 is 24.8. The summed E-state index contributed by atoms with van der Waals surface area (Å²) in [5.41, 5.74) is 4.16. The van der Waals surface area contributed by atoms with Crippen molar-refractivity contribution >= 4 is 36.4 Å². The van der Waals surface area contributed by atoms with E-state index >= 15 is 0 Å². The summed E-state index contributed by atoms with van der Waals surface area (Å²) in [6.07, 6.45) is 1.38. The number of nitrogens with zero attached hydrogens (tertiary/aromatic N) is 2. The van der Waals surface area contributed by atoms with Crippen LogP contribution >= 0.6 is 0 Å². The minimum atomic E-state index is -2.51. The molecule has 3 N–H and O–H groups in total. The molecular formula is C47H61N3O8Si. The monoisotopic (exact) mass is 823 g/mol. The van der Waals surface area contributed by atoms with Gasteiger partial charge in [0, 0.05) is 55.9 Å². The van der Waals surface area contributed by atoms with Crippen LogP contribution in [0.1, 0.15) is 55.9 Å². The van der Waals surface area contributed by atoms with E-state index in [2.05, 4.69) is 37.5 Å². The summed E-state index contributed by atoms with van der Waals surface area (Å²) in [5, 5.41) is 24.0. The topological polar surface area (TPSA) is 130 Å². The zero-order valence-electron chi connectivity index (χ0n) is 35.4. The fourth-order valence-corrected chi connectivity index (χ4v) is 12.1. The number of amides is 2. The first kappa shape index (κ1) is 43.8. The number of rotatable bonds is 19. The van der Waals surface area contributed by atoms with Crippen LogP contribution in [-0.2, 0) is 27.3 Å². The number of hydrogen-bond acceptors (Lipinski definition) is 9. The Kier molecular flexibility index (Phi) is 14.9. The summed E-state index contributed by atoms with van der Waals surface area (Å²) in [6.45, 7) is 10.4. The molecule has 0 radical (unpaired) electrons. The van der Waals surface area contributed by atoms with E-state index in [1.54, 1.807) is 24.0 Å². The van der Waals surface area contributed by atoms with Crippen LogP contribution in [0.15, 0.2) is 91.0 Å². The second-order valence-corrected chi connectivity index (χ2v) is 20.9. The Hall–Kier alpha value is -4.72. The van der Waals surface area contributed by atoms with Crippen molar-refractivity contribution < 1.29 is 38.7 Å². The maximum absolute atomic E-state index is 14.5. The molecule has 316 valence electrons. The van der Waals surface area contributed by atoms with Crippen molar-refractivity contribution in [3.05, 3.63) is 108 Å². The predicted molar refractivity (Wildman–Crippen MR) is 234 cm³/mol. The zero-order valence-corrected chi connectivity index (χ0v) is 36.4. The van der Waals surface area contributed by atoms with E-state index in [1.165, 1.54) is 5.19 Å². The third kappa shape index (κ3) is 9.85. The summed E-state index contributed by atoms with van der Waals surface area (Å²) in [6, 6.07) is 29.3. The quantitative estimate of drug-likeness (QED) is 0.0715. The van der Waals surface area contributed by atoms with Crippen LogP contribution in [0.4, 0.5) is 11.4 Å². The SMILES string of the molecule is CCOc1ccc2c(c1)CC(NCCCCO)C(=O)N2c1ccc2c(c1)[C@@H](OC)[C@H](C)[C@@H](C(CC(=O)N(CCO)Cc1ccccc1)[Si](C)(C)c1ccc(OC)cc1)O2. The molecule has 2 heterocycles. The molecule has 0 fully saturated rings. The van der Waals surface area contributed by atoms with Gasteiger partial charge in [0.05, 0.1) is 46.2 Å². The van der Waals surface area contributed by atoms with E-state index in [0.717, 1.165) is 40.3 Å². The molecule has 2 unspecified atom stereocenters. The average Bonchev–Trinajstić information content (AvgIpc) is 3.24. The van der Waals surface area contributed by atoms with Gasteiger partial charge in [-0.25, -0.2) is 0 Å². The Labute approximate surface area is 350 Å². The predicted octanol–water partition coefficient (Wildman–Crippen LogP) is 6.53. The fourth-order valence-electron chi connectivity index (χ4n) is 8.78. The van der Waals surface area contributed by atoms with Gasteiger partial charge in [-0.1, -0.05) is 67.7 Å². The lowest BCUT2D eigenvalue weighted by Gasteiger charge is -2.46. The van der Waals surface area contributed by atoms with Crippen molar-refractivity contribution in [2.75, 3.05) is 52.0 Å². The van der Waals surface area contributed by atoms with Gasteiger partial charge in [-0.3, -0.25) is 14.5 Å². The molecule has 2 amide bonds. The van der Waals surface area contributed by atoms with Crippen molar-refractivity contribution in [1.82, 2.24) is 10.2 Å². The van der Waals surface area contributed by atoms with Crippen LogP contribution < -0.4 is 29.6 Å². The number of anilines is 2. The molecule has 11 nitrogen and oxygen atoms in total. The molecule has 2 aliphatic rings. The first-order valence-electron chi connectivity index (χ1n) is 20.9. The molecule has 0 saturated heterocycles. The fraction of sp³-hybridized carbons (Fsp3) is 0.447. The Morgan fingerprint density at radius 3 is 2.39 bits per heavy atom. The van der Waals surface area contributed by atoms with Gasteiger partial charge in [0.1, 0.15) is 23.4 Å². The Balaban J connectivity index is 1.37. The van der Waals surface area contributed by atoms with Crippen molar-refractivity contribution in [2.24, 2.45) is 5.92 Å². The lowest BCUT2D eigenvalue weighted by molar-refractivity contribution is -0.133. The standard InChI is InChI=1S/C47H61N3O8Si/c1-7-57-37-18-21-41-34(27-37)28-40(48-23-11-12-25-51)47(54)50(41)35-15-22-42-39(29-35)45(56-4)32(2)46(58-42)43(59(5,6)38-19-16-36(55-3)17-20-38)30-44(53)49(24-26-52)31-33-13-9-8-10-14-33/h8-10,13-22,27,29,32,40,43,45-46,48,51-52H,7,11-12,23-26,28,30-31H2,1-6H3/t32-,40?,43?,45-,46-/m0/s1. The molecule has 0 bridgehead atoms. The van der Waals surface area contributed by atoms with Gasteiger partial charge >= 0.3 is 0 Å². The number of methoxy groups -OCH3 is 2. The molecule has 6 rings (SSSR count). The van der Waals surface area contributed by atoms with Crippen LogP contribution in [0.25, 0.3) is 0 Å². The molecule has 59 heavy (non-hydrogen) atoms. The van der Waals surface area contributed by atoms with E-state index in [1.807, 2.05) is 85.8 Å². The summed E-state index contributed by atoms with van der Waals surface area (Å²) in [4.78, 5) is 32.4. The smallest absolute Gasteiger partial charge is 0.249 e. The summed E-state index contributed by atoms with van der Waals surface area (Å²) in [5.74, 6) is 1.91. The number of hydrogen-bond donors (Lipinski definition) is 3. The zero-order chi connectivity index (χ0) is 42.1. The highest BCUT2D eigenvalue weighted by atomic mass is 28.3. The number of aliphatic hydroxyl groups is 2. The van der Waals surface area contributed by atoms with Crippen LogP contribution in [0.3, 0.4) is 0 Å². The van der Waals surface area contributed by atoms with E-state index < -0.39 is 20.2 Å². The minimum Gasteiger partial charge on any atom is -0.497 e. The van der Waals surface area contributed by atoms with Crippen molar-refractivity contribution in [1.29, 1.82) is 0 Å². The maximum atomic E-state index is 14.5. The Morgan fingerprint density at radius 2 is 1.71 bits per heavy atom. The maximum Gasteiger partial charge on any atom is 0.249 e. The van der Waals surface area contributed by atoms with Crippen molar-refractivity contribution in [2.45, 2.75) is 83.0 Å². The van der Waals surface area contributed by atoms with E-state index in [-0.39, 0.29) is 55.6 Å². The van der Waals surface area contributed by atoms with E-state index in [9.17, 15) is 19.8 Å². The van der Waals surface area contributed by atoms with Gasteiger partial charge in [0.2, 0.25) is 11.8 Å². The number of benzene rings is 4. The highest BCUT2D eigenvalue weighted by Crippen LogP contribution is 2.49. The van der Waals surface area contributed by atoms with E-state index in [4.69, 9.17) is 18.9 Å². The van der Waals surface area contributed by atoms with Crippen LogP contribution in [-0.4, -0.2) is 94.3 Å². The van der Waals surface area contributed by atoms with Crippen LogP contribution in [0, 0.1) is 5.92 Å². The second-order valence-electron chi connectivity index (χ2n) is 16.1. The Bertz CT molecular complexity index is 2010. The number of carbonyl (C=O) groups is 2. The highest BCUT2D eigenvalue weighted by molar-refractivity contribution is 6.91. The van der Waals surface area contributed by atoms with Crippen molar-refractivity contribution in [3.8, 4) is 17.2 Å². The first-order chi connectivity index (χ1) is 28.5. The molecule has 0 aromatic heterocycles. The van der Waals surface area contributed by atoms with Gasteiger partial charge < -0.3 is 39.4 Å². The Morgan fingerprint density at radius 1 is 0.966 bits per heavy atom. The number of carbonyl (C=O) groups excluding carboxylic acids is 2. The summed E-state index contributed by atoms with van der Waals surface area (Å²) >= 11 is 0. The number of unbranched alkanes of at least 4 members (excludes halogenated alkanes) is 1. The lowest BCUT2D eigenvalue weighted by Crippen LogP contribution is -2.55. The van der Waals surface area contributed by atoms with Crippen molar-refractivity contribution in [3.63, 3.8) is 0 Å². The molecule has 0 saturated carbocycles. The largest absolute Gasteiger partial charge is 0.497 e. The van der Waals surface area contributed by atoms with Gasteiger partial charge in [-0.15, -0.1) is 0 Å². The van der Waals surface area contributed by atoms with Gasteiger partial charge in [0.25, 0.3) is 0 Å². The molecular weight excluding hydrogens is 763 g/mol. The average molecular weight is 824 g/mol. The molecule has 0 aliphatic carbocycles. The number of ether oxygens (including phenoxy) is 4. The van der Waals surface area contributed by atoms with Gasteiger partial charge in [-0.05, 0) is 92.4 Å². The van der Waals surface area contributed by atoms with Crippen LogP contribution in [0.5, 0.6) is 17.2 Å². The lowest BCUT2D eigenvalue weighted by atomic mass is 9.86. The normalized spacial score (nSPS) is 19.3. The van der Waals surface area contributed by atoms with E-state index in [0.29, 0.717) is 44.0 Å². The number of fused-ring (bicyclic) bond motifs is 2. The number of nitrogens with one attached hydrogen (secondary N) is 1. The molecule has 2 aliphatic heterocycles. The molecule has 0 spiro atoms. The van der Waals surface area contributed by atoms with Crippen LogP contribution in [0.2, 0.25) is 18.6 Å². The third-order valence-electron chi connectivity index (χ3n) is 12.1. The molecule has 5 atom stereocenters. The molecule has 12 heteroatoms. The number of aliphatic hydroxyl groups excluding tert-OH is 2. The highest BCUT2D eigenvalue weighted by Gasteiger charge is 2.48.